The number of carbonyl (C=O) groups is 1. The number of amides is 1. The van der Waals surface area contributed by atoms with Gasteiger partial charge in [0, 0.05) is 5.69 Å². The molecule has 1 aromatic carbocycles. The predicted molar refractivity (Wildman–Crippen MR) is 67.4 cm³/mol. The van der Waals surface area contributed by atoms with E-state index in [4.69, 9.17) is 10.5 Å². The molecule has 6 nitrogen and oxygen atoms in total. The summed E-state index contributed by atoms with van der Waals surface area (Å²) in [5, 5.41) is 9.96. The lowest BCUT2D eigenvalue weighted by atomic mass is 10.2. The Balaban J connectivity index is 2.24. The molecule has 0 fully saturated rings. The summed E-state index contributed by atoms with van der Waals surface area (Å²) in [4.78, 5) is 11.9. The fraction of sp³-hybridized carbons (Fsp3) is 0.0833. The molecule has 18 heavy (non-hydrogen) atoms. The van der Waals surface area contributed by atoms with E-state index in [0.717, 1.165) is 0 Å². The van der Waals surface area contributed by atoms with Crippen LogP contribution in [0.3, 0.4) is 0 Å². The molecule has 0 saturated heterocycles. The summed E-state index contributed by atoms with van der Waals surface area (Å²) >= 11 is 0. The van der Waals surface area contributed by atoms with Crippen LogP contribution in [-0.4, -0.2) is 23.2 Å². The number of carbonyl (C=O) groups excluding carboxylic acids is 1. The molecule has 3 N–H and O–H groups in total. The van der Waals surface area contributed by atoms with Gasteiger partial charge in [-0.05, 0) is 24.3 Å². The van der Waals surface area contributed by atoms with Crippen LogP contribution in [-0.2, 0) is 0 Å². The summed E-state index contributed by atoms with van der Waals surface area (Å²) in [5.74, 6) is 0.244. The smallest absolute Gasteiger partial charge is 0.257 e. The topological polar surface area (TPSA) is 90.1 Å². The molecule has 6 heteroatoms. The number of hydrogen-bond donors (Lipinski definition) is 2. The van der Waals surface area contributed by atoms with E-state index in [1.165, 1.54) is 19.5 Å². The molecule has 0 bridgehead atoms. The Hall–Kier alpha value is -2.63. The van der Waals surface area contributed by atoms with E-state index in [-0.39, 0.29) is 5.91 Å². The average Bonchev–Trinajstić information content (AvgIpc) is 2.40. The Labute approximate surface area is 104 Å². The fourth-order valence-electron chi connectivity index (χ4n) is 1.44. The number of rotatable bonds is 3. The predicted octanol–water partition coefficient (Wildman–Crippen LogP) is 1.32. The third kappa shape index (κ3) is 2.54. The molecule has 1 aromatic heterocycles. The van der Waals surface area contributed by atoms with Crippen LogP contribution in [0.1, 0.15) is 10.4 Å². The van der Waals surface area contributed by atoms with Crippen LogP contribution in [0, 0.1) is 0 Å². The molecule has 0 aliphatic carbocycles. The maximum atomic E-state index is 11.9. The molecular weight excluding hydrogens is 232 g/mol. The second kappa shape index (κ2) is 5.13. The van der Waals surface area contributed by atoms with Gasteiger partial charge >= 0.3 is 0 Å². The molecular formula is C12H12N4O2. The second-order valence-electron chi connectivity index (χ2n) is 3.54. The van der Waals surface area contributed by atoms with Gasteiger partial charge in [0.25, 0.3) is 5.91 Å². The van der Waals surface area contributed by atoms with Crippen LogP contribution < -0.4 is 15.8 Å². The van der Waals surface area contributed by atoms with Crippen LogP contribution in [0.4, 0.5) is 11.4 Å². The van der Waals surface area contributed by atoms with Gasteiger partial charge in [-0.25, -0.2) is 0 Å². The standard InChI is InChI=1S/C12H12N4O2/c1-18-11-3-2-9(13)6-10(11)16-12(17)8-4-5-14-15-7-8/h2-7H,13H2,1H3,(H,16,17). The Morgan fingerprint density at radius 1 is 1.33 bits per heavy atom. The lowest BCUT2D eigenvalue weighted by Crippen LogP contribution is -2.13. The molecule has 0 atom stereocenters. The Bertz CT molecular complexity index is 557. The highest BCUT2D eigenvalue weighted by Gasteiger charge is 2.10. The van der Waals surface area contributed by atoms with Gasteiger partial charge in [0.2, 0.25) is 0 Å². The van der Waals surface area contributed by atoms with Crippen molar-refractivity contribution in [2.45, 2.75) is 0 Å². The molecule has 0 unspecified atom stereocenters. The van der Waals surface area contributed by atoms with Gasteiger partial charge in [-0.15, -0.1) is 0 Å². The number of anilines is 2. The maximum absolute atomic E-state index is 11.9. The number of nitrogens with two attached hydrogens (primary N) is 1. The first kappa shape index (κ1) is 11.8. The zero-order valence-corrected chi connectivity index (χ0v) is 9.75. The molecule has 0 aliphatic rings. The maximum Gasteiger partial charge on any atom is 0.257 e. The van der Waals surface area contributed by atoms with Crippen molar-refractivity contribution < 1.29 is 9.53 Å². The Morgan fingerprint density at radius 3 is 2.83 bits per heavy atom. The highest BCUT2D eigenvalue weighted by molar-refractivity contribution is 6.05. The zero-order valence-electron chi connectivity index (χ0n) is 9.75. The normalized spacial score (nSPS) is 9.83. The number of nitrogens with zero attached hydrogens (tertiary/aromatic N) is 2. The molecule has 0 saturated carbocycles. The first-order chi connectivity index (χ1) is 8.70. The van der Waals surface area contributed by atoms with E-state index in [1.807, 2.05) is 0 Å². The van der Waals surface area contributed by atoms with Crippen LogP contribution >= 0.6 is 0 Å². The Kier molecular flexibility index (Phi) is 3.38. The number of aromatic nitrogens is 2. The summed E-state index contributed by atoms with van der Waals surface area (Å²) < 4.78 is 5.14. The minimum Gasteiger partial charge on any atom is -0.495 e. The number of benzene rings is 1. The number of methoxy groups -OCH3 is 1. The van der Waals surface area contributed by atoms with Gasteiger partial charge in [-0.3, -0.25) is 4.79 Å². The average molecular weight is 244 g/mol. The van der Waals surface area contributed by atoms with Crippen LogP contribution in [0.5, 0.6) is 5.75 Å². The van der Waals surface area contributed by atoms with Crippen LogP contribution in [0.25, 0.3) is 0 Å². The van der Waals surface area contributed by atoms with E-state index in [9.17, 15) is 4.79 Å². The molecule has 0 radical (unpaired) electrons. The monoisotopic (exact) mass is 244 g/mol. The van der Waals surface area contributed by atoms with Crippen molar-refractivity contribution in [3.8, 4) is 5.75 Å². The quantitative estimate of drug-likeness (QED) is 0.795. The summed E-state index contributed by atoms with van der Waals surface area (Å²) in [6.07, 6.45) is 2.83. The highest BCUT2D eigenvalue weighted by Crippen LogP contribution is 2.26. The van der Waals surface area contributed by atoms with Gasteiger partial charge in [0.1, 0.15) is 5.75 Å². The third-order valence-electron chi connectivity index (χ3n) is 2.32. The molecule has 2 rings (SSSR count). The lowest BCUT2D eigenvalue weighted by Gasteiger charge is -2.10. The number of hydrogen-bond acceptors (Lipinski definition) is 5. The molecule has 92 valence electrons. The first-order valence-corrected chi connectivity index (χ1v) is 5.22. The van der Waals surface area contributed by atoms with Crippen molar-refractivity contribution in [1.82, 2.24) is 10.2 Å². The van der Waals surface area contributed by atoms with E-state index >= 15 is 0 Å². The first-order valence-electron chi connectivity index (χ1n) is 5.22. The lowest BCUT2D eigenvalue weighted by molar-refractivity contribution is 0.102. The van der Waals surface area contributed by atoms with Crippen LogP contribution in [0.2, 0.25) is 0 Å². The SMILES string of the molecule is COc1ccc(N)cc1NC(=O)c1ccnnc1. The van der Waals surface area contributed by atoms with Gasteiger partial charge in [-0.2, -0.15) is 10.2 Å². The van der Waals surface area contributed by atoms with E-state index in [1.54, 1.807) is 24.3 Å². The zero-order chi connectivity index (χ0) is 13.0. The van der Waals surface area contributed by atoms with E-state index < -0.39 is 0 Å². The van der Waals surface area contributed by atoms with Crippen molar-refractivity contribution in [1.29, 1.82) is 0 Å². The fourth-order valence-corrected chi connectivity index (χ4v) is 1.44. The van der Waals surface area contributed by atoms with Crippen molar-refractivity contribution in [3.05, 3.63) is 42.2 Å². The van der Waals surface area contributed by atoms with E-state index in [2.05, 4.69) is 15.5 Å². The second-order valence-corrected chi connectivity index (χ2v) is 3.54. The molecule has 0 aliphatic heterocycles. The van der Waals surface area contributed by atoms with Gasteiger partial charge in [-0.1, -0.05) is 0 Å². The minimum absolute atomic E-state index is 0.297. The van der Waals surface area contributed by atoms with Gasteiger partial charge in [0.05, 0.1) is 30.8 Å². The molecule has 2 aromatic rings. The molecule has 0 spiro atoms. The van der Waals surface area contributed by atoms with Gasteiger partial charge < -0.3 is 15.8 Å². The van der Waals surface area contributed by atoms with Crippen LogP contribution in [0.15, 0.2) is 36.7 Å². The summed E-state index contributed by atoms with van der Waals surface area (Å²) in [7, 11) is 1.52. The third-order valence-corrected chi connectivity index (χ3v) is 2.32. The van der Waals surface area contributed by atoms with Crippen molar-refractivity contribution in [2.24, 2.45) is 0 Å². The van der Waals surface area contributed by atoms with Crippen molar-refractivity contribution in [3.63, 3.8) is 0 Å². The summed E-state index contributed by atoms with van der Waals surface area (Å²) in [6.45, 7) is 0. The summed E-state index contributed by atoms with van der Waals surface area (Å²) in [6, 6.07) is 6.59. The van der Waals surface area contributed by atoms with Crippen molar-refractivity contribution >= 4 is 17.3 Å². The van der Waals surface area contributed by atoms with Gasteiger partial charge in [0.15, 0.2) is 0 Å². The largest absolute Gasteiger partial charge is 0.495 e. The minimum atomic E-state index is -0.297. The number of ether oxygens (including phenoxy) is 1. The van der Waals surface area contributed by atoms with Crippen molar-refractivity contribution in [2.75, 3.05) is 18.2 Å². The Morgan fingerprint density at radius 2 is 2.17 bits per heavy atom. The molecule has 1 heterocycles. The highest BCUT2D eigenvalue weighted by atomic mass is 16.5. The summed E-state index contributed by atoms with van der Waals surface area (Å²) in [5.41, 5.74) is 7.13. The number of nitrogens with one attached hydrogen (secondary N) is 1. The number of nitrogen functional groups attached to an aromatic ring is 1. The molecule has 1 amide bonds. The van der Waals surface area contributed by atoms with E-state index in [0.29, 0.717) is 22.7 Å².